The van der Waals surface area contributed by atoms with Crippen molar-refractivity contribution in [3.8, 4) is 0 Å². The third kappa shape index (κ3) is 3.72. The number of nitrogens with one attached hydrogen (secondary N) is 1. The molecule has 1 aliphatic rings. The van der Waals surface area contributed by atoms with E-state index in [1.54, 1.807) is 6.20 Å². The van der Waals surface area contributed by atoms with Crippen molar-refractivity contribution < 1.29 is 4.74 Å². The first-order valence-electron chi connectivity index (χ1n) is 7.04. The number of aliphatic imine (C=N–C) groups is 1. The van der Waals surface area contributed by atoms with Crippen LogP contribution in [0.5, 0.6) is 0 Å². The summed E-state index contributed by atoms with van der Waals surface area (Å²) in [5.74, 6) is 0.846. The second kappa shape index (κ2) is 5.83. The largest absolute Gasteiger partial charge is 0.372 e. The number of ether oxygens (including phenoxy) is 1. The summed E-state index contributed by atoms with van der Waals surface area (Å²) in [6, 6.07) is 2.00. The average molecular weight is 279 g/mol. The van der Waals surface area contributed by atoms with E-state index in [1.807, 2.05) is 17.8 Å². The summed E-state index contributed by atoms with van der Waals surface area (Å²) in [6.45, 7) is 7.62. The highest BCUT2D eigenvalue weighted by Gasteiger charge is 2.31. The third-order valence-electron chi connectivity index (χ3n) is 3.36. The minimum atomic E-state index is -0.0683. The molecule has 3 N–H and O–H groups in total. The minimum Gasteiger partial charge on any atom is -0.372 e. The lowest BCUT2D eigenvalue weighted by Crippen LogP contribution is -2.45. The van der Waals surface area contributed by atoms with Crippen LogP contribution in [0.4, 0.5) is 0 Å². The Bertz CT molecular complexity index is 474. The first-order chi connectivity index (χ1) is 9.37. The molecule has 2 heterocycles. The van der Waals surface area contributed by atoms with E-state index in [1.165, 1.54) is 0 Å². The van der Waals surface area contributed by atoms with Crippen LogP contribution in [0.3, 0.4) is 0 Å². The van der Waals surface area contributed by atoms with E-state index < -0.39 is 0 Å². The molecule has 1 aromatic rings. The van der Waals surface area contributed by atoms with Crippen molar-refractivity contribution in [2.45, 2.75) is 38.8 Å². The maximum atomic E-state index is 5.91. The molecule has 6 nitrogen and oxygen atoms in total. The summed E-state index contributed by atoms with van der Waals surface area (Å²) in [7, 11) is 1.94. The van der Waals surface area contributed by atoms with Gasteiger partial charge in [-0.3, -0.25) is 9.67 Å². The smallest absolute Gasteiger partial charge is 0.188 e. The first-order valence-corrected chi connectivity index (χ1v) is 7.04. The zero-order chi connectivity index (χ0) is 14.8. The topological polar surface area (TPSA) is 77.5 Å². The van der Waals surface area contributed by atoms with Gasteiger partial charge in [-0.05, 0) is 33.3 Å². The van der Waals surface area contributed by atoms with Gasteiger partial charge in [-0.25, -0.2) is 0 Å². The molecule has 20 heavy (non-hydrogen) atoms. The average Bonchev–Trinajstić information content (AvgIpc) is 2.92. The highest BCUT2D eigenvalue weighted by Crippen LogP contribution is 2.34. The zero-order valence-corrected chi connectivity index (χ0v) is 12.8. The molecule has 2 rings (SSSR count). The fourth-order valence-corrected chi connectivity index (χ4v) is 2.45. The zero-order valence-electron chi connectivity index (χ0n) is 12.8. The molecule has 0 saturated carbocycles. The van der Waals surface area contributed by atoms with Gasteiger partial charge in [0, 0.05) is 37.9 Å². The minimum absolute atomic E-state index is 0.0636. The van der Waals surface area contributed by atoms with Gasteiger partial charge in [0.15, 0.2) is 5.96 Å². The number of aromatic nitrogens is 2. The summed E-state index contributed by atoms with van der Waals surface area (Å²) < 4.78 is 7.70. The van der Waals surface area contributed by atoms with Crippen molar-refractivity contribution in [3.05, 3.63) is 18.0 Å². The van der Waals surface area contributed by atoms with Crippen molar-refractivity contribution in [2.24, 2.45) is 23.7 Å². The van der Waals surface area contributed by atoms with Crippen molar-refractivity contribution in [3.63, 3.8) is 0 Å². The molecule has 1 aromatic heterocycles. The molecule has 1 aliphatic heterocycles. The molecule has 1 fully saturated rings. The van der Waals surface area contributed by atoms with Gasteiger partial charge in [0.25, 0.3) is 0 Å². The summed E-state index contributed by atoms with van der Waals surface area (Å²) in [4.78, 5) is 4.45. The molecule has 1 saturated heterocycles. The first kappa shape index (κ1) is 14.8. The maximum absolute atomic E-state index is 5.91. The van der Waals surface area contributed by atoms with E-state index in [9.17, 15) is 0 Å². The van der Waals surface area contributed by atoms with Crippen LogP contribution in [0.25, 0.3) is 0 Å². The second-order valence-electron chi connectivity index (χ2n) is 6.32. The number of aryl methyl sites for hydroxylation is 1. The van der Waals surface area contributed by atoms with Gasteiger partial charge in [-0.2, -0.15) is 5.10 Å². The molecule has 2 atom stereocenters. The number of hydrogen-bond acceptors (Lipinski definition) is 3. The molecule has 0 bridgehead atoms. The summed E-state index contributed by atoms with van der Waals surface area (Å²) >= 11 is 0. The van der Waals surface area contributed by atoms with Crippen molar-refractivity contribution in [1.82, 2.24) is 15.1 Å². The van der Waals surface area contributed by atoms with Gasteiger partial charge >= 0.3 is 0 Å². The van der Waals surface area contributed by atoms with Crippen molar-refractivity contribution >= 4 is 5.96 Å². The number of nitrogens with zero attached hydrogens (tertiary/aromatic N) is 3. The maximum Gasteiger partial charge on any atom is 0.188 e. The Morgan fingerprint density at radius 3 is 2.95 bits per heavy atom. The number of guanidine groups is 1. The molecular formula is C14H25N5O. The molecule has 0 unspecified atom stereocenters. The summed E-state index contributed by atoms with van der Waals surface area (Å²) in [6.07, 6.45) is 2.86. The molecule has 0 radical (unpaired) electrons. The van der Waals surface area contributed by atoms with E-state index in [0.717, 1.165) is 18.7 Å². The lowest BCUT2D eigenvalue weighted by atomic mass is 9.99. The summed E-state index contributed by atoms with van der Waals surface area (Å²) in [5, 5.41) is 7.38. The van der Waals surface area contributed by atoms with Crippen molar-refractivity contribution in [1.29, 1.82) is 0 Å². The van der Waals surface area contributed by atoms with Gasteiger partial charge in [-0.15, -0.1) is 0 Å². The Kier molecular flexibility index (Phi) is 4.32. The Morgan fingerprint density at radius 1 is 1.60 bits per heavy atom. The molecule has 0 aliphatic carbocycles. The second-order valence-corrected chi connectivity index (χ2v) is 6.32. The number of hydrogen-bond donors (Lipinski definition) is 2. The molecule has 0 aromatic carbocycles. The van der Waals surface area contributed by atoms with Crippen LogP contribution in [0.1, 0.15) is 39.0 Å². The fourth-order valence-electron chi connectivity index (χ4n) is 2.45. The number of nitrogens with two attached hydrogens (primary N) is 1. The predicted molar refractivity (Wildman–Crippen MR) is 79.4 cm³/mol. The molecule has 112 valence electrons. The standard InChI is InChI=1S/C14H25N5O/c1-14(2,3)18-13(15)16-9-10-6-8-20-12(10)11-5-7-17-19(11)4/h5,7,10,12H,6,8-9H2,1-4H3,(H3,15,16,18)/t10-,12+/m0/s1. The lowest BCUT2D eigenvalue weighted by Gasteiger charge is -2.22. The van der Waals surface area contributed by atoms with Crippen LogP contribution in [0.15, 0.2) is 17.3 Å². The lowest BCUT2D eigenvalue weighted by molar-refractivity contribution is 0.0859. The van der Waals surface area contributed by atoms with Gasteiger partial charge < -0.3 is 15.8 Å². The Labute approximate surface area is 120 Å². The van der Waals surface area contributed by atoms with Crippen LogP contribution in [0, 0.1) is 5.92 Å². The van der Waals surface area contributed by atoms with Gasteiger partial charge in [-0.1, -0.05) is 0 Å². The predicted octanol–water partition coefficient (Wildman–Crippen LogP) is 1.20. The van der Waals surface area contributed by atoms with E-state index in [4.69, 9.17) is 10.5 Å². The highest BCUT2D eigenvalue weighted by atomic mass is 16.5. The molecular weight excluding hydrogens is 254 g/mol. The molecule has 6 heteroatoms. The molecule has 0 amide bonds. The highest BCUT2D eigenvalue weighted by molar-refractivity contribution is 5.78. The van der Waals surface area contributed by atoms with Crippen LogP contribution >= 0.6 is 0 Å². The Balaban J connectivity index is 1.99. The fraction of sp³-hybridized carbons (Fsp3) is 0.714. The van der Waals surface area contributed by atoms with Crippen molar-refractivity contribution in [2.75, 3.05) is 13.2 Å². The monoisotopic (exact) mass is 279 g/mol. The van der Waals surface area contributed by atoms with Crippen LogP contribution in [-0.4, -0.2) is 34.4 Å². The van der Waals surface area contributed by atoms with Gasteiger partial charge in [0.2, 0.25) is 0 Å². The van der Waals surface area contributed by atoms with E-state index >= 15 is 0 Å². The van der Waals surface area contributed by atoms with E-state index in [-0.39, 0.29) is 11.6 Å². The Hall–Kier alpha value is -1.56. The SMILES string of the molecule is Cn1nccc1[C@@H]1OCC[C@H]1CN=C(N)NC(C)(C)C. The van der Waals surface area contributed by atoms with Crippen LogP contribution in [0.2, 0.25) is 0 Å². The third-order valence-corrected chi connectivity index (χ3v) is 3.36. The Morgan fingerprint density at radius 2 is 2.35 bits per heavy atom. The van der Waals surface area contributed by atoms with Crippen LogP contribution < -0.4 is 11.1 Å². The normalized spacial score (nSPS) is 24.1. The van der Waals surface area contributed by atoms with Crippen LogP contribution in [-0.2, 0) is 11.8 Å². The van der Waals surface area contributed by atoms with Gasteiger partial charge in [0.1, 0.15) is 6.10 Å². The molecule has 0 spiro atoms. The quantitative estimate of drug-likeness (QED) is 0.644. The summed E-state index contributed by atoms with van der Waals surface area (Å²) in [5.41, 5.74) is 6.95. The van der Waals surface area contributed by atoms with E-state index in [2.05, 4.69) is 36.2 Å². The van der Waals surface area contributed by atoms with Gasteiger partial charge in [0.05, 0.1) is 5.69 Å². The number of rotatable bonds is 3. The van der Waals surface area contributed by atoms with E-state index in [0.29, 0.717) is 18.4 Å².